The largest absolute Gasteiger partial charge is 0.398 e. The summed E-state index contributed by atoms with van der Waals surface area (Å²) in [4.78, 5) is 5.22. The Labute approximate surface area is 101 Å². The Bertz CT molecular complexity index is 443. The monoisotopic (exact) mass is 256 g/mol. The predicted molar refractivity (Wildman–Crippen MR) is 67.5 cm³/mol. The van der Waals surface area contributed by atoms with Crippen molar-refractivity contribution in [1.29, 1.82) is 0 Å². The van der Waals surface area contributed by atoms with Gasteiger partial charge in [0, 0.05) is 27.2 Å². The Morgan fingerprint density at radius 1 is 1.47 bits per heavy atom. The van der Waals surface area contributed by atoms with Gasteiger partial charge in [0.1, 0.15) is 5.01 Å². The van der Waals surface area contributed by atoms with E-state index in [2.05, 4.69) is 4.98 Å². The molecule has 1 aromatic heterocycles. The van der Waals surface area contributed by atoms with Crippen LogP contribution in [0.5, 0.6) is 0 Å². The van der Waals surface area contributed by atoms with Crippen molar-refractivity contribution in [3.63, 3.8) is 0 Å². The Balaban J connectivity index is 2.07. The third-order valence-electron chi connectivity index (χ3n) is 1.81. The maximum absolute atomic E-state index is 5.90. The number of hydrogen-bond acceptors (Lipinski definition) is 4. The van der Waals surface area contributed by atoms with E-state index in [-0.39, 0.29) is 0 Å². The number of nitrogens with zero attached hydrogens (tertiary/aromatic N) is 1. The molecule has 0 saturated carbocycles. The van der Waals surface area contributed by atoms with Crippen LogP contribution in [0.3, 0.4) is 0 Å². The molecule has 0 aliphatic carbocycles. The molecule has 0 atom stereocenters. The van der Waals surface area contributed by atoms with Crippen molar-refractivity contribution < 1.29 is 0 Å². The Kier molecular flexibility index (Phi) is 3.51. The van der Waals surface area contributed by atoms with Crippen molar-refractivity contribution in [1.82, 2.24) is 4.98 Å². The van der Waals surface area contributed by atoms with Gasteiger partial charge in [0.2, 0.25) is 0 Å². The summed E-state index contributed by atoms with van der Waals surface area (Å²) in [6, 6.07) is 5.51. The standard InChI is InChI=1S/C10H9ClN2S2/c11-7-1-2-8(12)9(5-7)15-6-10-13-3-4-14-10/h1-5H,6,12H2. The zero-order valence-corrected chi connectivity index (χ0v) is 10.2. The summed E-state index contributed by atoms with van der Waals surface area (Å²) in [7, 11) is 0. The molecule has 0 aliphatic rings. The van der Waals surface area contributed by atoms with Gasteiger partial charge < -0.3 is 5.73 Å². The first-order chi connectivity index (χ1) is 7.25. The smallest absolute Gasteiger partial charge is 0.103 e. The lowest BCUT2D eigenvalue weighted by molar-refractivity contribution is 1.26. The van der Waals surface area contributed by atoms with Crippen LogP contribution in [0.15, 0.2) is 34.7 Å². The normalized spacial score (nSPS) is 10.5. The minimum absolute atomic E-state index is 0.714. The Morgan fingerprint density at radius 3 is 3.07 bits per heavy atom. The fraction of sp³-hybridized carbons (Fsp3) is 0.100. The van der Waals surface area contributed by atoms with Gasteiger partial charge in [0.15, 0.2) is 0 Å². The van der Waals surface area contributed by atoms with Crippen LogP contribution in [0.2, 0.25) is 5.02 Å². The molecular formula is C10H9ClN2S2. The fourth-order valence-corrected chi connectivity index (χ4v) is 2.98. The van der Waals surface area contributed by atoms with Gasteiger partial charge in [-0.3, -0.25) is 0 Å². The fourth-order valence-electron chi connectivity index (χ4n) is 1.10. The van der Waals surface area contributed by atoms with Crippen molar-refractivity contribution >= 4 is 40.4 Å². The van der Waals surface area contributed by atoms with Crippen LogP contribution in [0.1, 0.15) is 5.01 Å². The predicted octanol–water partition coefficient (Wildman–Crippen LogP) is 3.67. The number of benzene rings is 1. The molecule has 1 aromatic carbocycles. The summed E-state index contributed by atoms with van der Waals surface area (Å²) in [5, 5.41) is 3.78. The number of anilines is 1. The van der Waals surface area contributed by atoms with E-state index in [4.69, 9.17) is 17.3 Å². The Morgan fingerprint density at radius 2 is 2.33 bits per heavy atom. The van der Waals surface area contributed by atoms with E-state index in [1.54, 1.807) is 29.2 Å². The zero-order chi connectivity index (χ0) is 10.7. The number of thiazole rings is 1. The Hall–Kier alpha value is -0.710. The average Bonchev–Trinajstić information content (AvgIpc) is 2.72. The zero-order valence-electron chi connectivity index (χ0n) is 7.81. The van der Waals surface area contributed by atoms with Gasteiger partial charge in [-0.1, -0.05) is 11.6 Å². The van der Waals surface area contributed by atoms with Crippen LogP contribution < -0.4 is 5.73 Å². The molecule has 1 heterocycles. The number of aromatic nitrogens is 1. The minimum Gasteiger partial charge on any atom is -0.398 e. The second kappa shape index (κ2) is 4.88. The van der Waals surface area contributed by atoms with E-state index in [0.717, 1.165) is 21.3 Å². The first-order valence-electron chi connectivity index (χ1n) is 4.32. The number of nitrogen functional groups attached to an aromatic ring is 1. The molecule has 2 rings (SSSR count). The van der Waals surface area contributed by atoms with E-state index in [0.29, 0.717) is 5.02 Å². The maximum Gasteiger partial charge on any atom is 0.103 e. The number of hydrogen-bond donors (Lipinski definition) is 1. The lowest BCUT2D eigenvalue weighted by Gasteiger charge is -2.04. The van der Waals surface area contributed by atoms with Crippen LogP contribution >= 0.6 is 34.7 Å². The van der Waals surface area contributed by atoms with Gasteiger partial charge >= 0.3 is 0 Å². The summed E-state index contributed by atoms with van der Waals surface area (Å²) in [5.41, 5.74) is 6.60. The first kappa shape index (κ1) is 10.8. The molecule has 0 unspecified atom stereocenters. The highest BCUT2D eigenvalue weighted by Crippen LogP contribution is 2.30. The highest BCUT2D eigenvalue weighted by molar-refractivity contribution is 7.98. The summed E-state index contributed by atoms with van der Waals surface area (Å²) in [5.74, 6) is 0.836. The molecule has 0 amide bonds. The van der Waals surface area contributed by atoms with Crippen molar-refractivity contribution in [2.45, 2.75) is 10.6 Å². The molecule has 5 heteroatoms. The van der Waals surface area contributed by atoms with Gasteiger partial charge in [-0.15, -0.1) is 23.1 Å². The minimum atomic E-state index is 0.714. The molecule has 0 radical (unpaired) electrons. The van der Waals surface area contributed by atoms with Crippen LogP contribution in [-0.2, 0) is 5.75 Å². The van der Waals surface area contributed by atoms with Gasteiger partial charge in [0.05, 0.1) is 5.75 Å². The molecule has 2 nitrogen and oxygen atoms in total. The van der Waals surface area contributed by atoms with Crippen molar-refractivity contribution in [2.75, 3.05) is 5.73 Å². The van der Waals surface area contributed by atoms with E-state index < -0.39 is 0 Å². The third kappa shape index (κ3) is 2.87. The molecule has 0 bridgehead atoms. The van der Waals surface area contributed by atoms with Crippen LogP contribution in [0.25, 0.3) is 0 Å². The quantitative estimate of drug-likeness (QED) is 0.673. The summed E-state index contributed by atoms with van der Waals surface area (Å²) in [6.07, 6.45) is 1.81. The van der Waals surface area contributed by atoms with E-state index >= 15 is 0 Å². The number of thioether (sulfide) groups is 1. The molecule has 78 valence electrons. The van der Waals surface area contributed by atoms with Crippen LogP contribution in [0.4, 0.5) is 5.69 Å². The SMILES string of the molecule is Nc1ccc(Cl)cc1SCc1nccs1. The topological polar surface area (TPSA) is 38.9 Å². The van der Waals surface area contributed by atoms with Crippen molar-refractivity contribution in [2.24, 2.45) is 0 Å². The third-order valence-corrected chi connectivity index (χ3v) is 4.09. The highest BCUT2D eigenvalue weighted by atomic mass is 35.5. The molecule has 0 fully saturated rings. The number of rotatable bonds is 3. The van der Waals surface area contributed by atoms with Gasteiger partial charge in [-0.25, -0.2) is 4.98 Å². The molecule has 0 aliphatic heterocycles. The molecule has 2 aromatic rings. The molecular weight excluding hydrogens is 248 g/mol. The molecule has 15 heavy (non-hydrogen) atoms. The van der Waals surface area contributed by atoms with Gasteiger partial charge in [0.25, 0.3) is 0 Å². The van der Waals surface area contributed by atoms with Crippen LogP contribution in [0, 0.1) is 0 Å². The second-order valence-corrected chi connectivity index (χ2v) is 5.33. The van der Waals surface area contributed by atoms with E-state index in [1.165, 1.54) is 0 Å². The summed E-state index contributed by atoms with van der Waals surface area (Å²) >= 11 is 9.20. The molecule has 2 N–H and O–H groups in total. The van der Waals surface area contributed by atoms with E-state index in [1.807, 2.05) is 23.7 Å². The summed E-state index contributed by atoms with van der Waals surface area (Å²) < 4.78 is 0. The maximum atomic E-state index is 5.90. The van der Waals surface area contributed by atoms with Crippen molar-refractivity contribution in [3.8, 4) is 0 Å². The first-order valence-corrected chi connectivity index (χ1v) is 6.56. The second-order valence-electron chi connectivity index (χ2n) is 2.90. The number of halogens is 1. The van der Waals surface area contributed by atoms with Gasteiger partial charge in [-0.2, -0.15) is 0 Å². The highest BCUT2D eigenvalue weighted by Gasteiger charge is 2.03. The molecule has 0 spiro atoms. The van der Waals surface area contributed by atoms with Crippen molar-refractivity contribution in [3.05, 3.63) is 39.8 Å². The summed E-state index contributed by atoms with van der Waals surface area (Å²) in [6.45, 7) is 0. The lowest BCUT2D eigenvalue weighted by atomic mass is 10.3. The van der Waals surface area contributed by atoms with E-state index in [9.17, 15) is 0 Å². The number of nitrogens with two attached hydrogens (primary N) is 1. The van der Waals surface area contributed by atoms with Gasteiger partial charge in [-0.05, 0) is 18.2 Å². The molecule has 0 saturated heterocycles. The lowest BCUT2D eigenvalue weighted by Crippen LogP contribution is -1.88. The average molecular weight is 257 g/mol. The van der Waals surface area contributed by atoms with Crippen LogP contribution in [-0.4, -0.2) is 4.98 Å².